The predicted octanol–water partition coefficient (Wildman–Crippen LogP) is 3.68. The monoisotopic (exact) mass is 496 g/mol. The van der Waals surface area contributed by atoms with E-state index in [1.165, 1.54) is 0 Å². The fourth-order valence-corrected chi connectivity index (χ4v) is 2.38. The van der Waals surface area contributed by atoms with Crippen molar-refractivity contribution in [3.8, 4) is 11.5 Å². The van der Waals surface area contributed by atoms with E-state index in [0.29, 0.717) is 12.5 Å². The Kier molecular flexibility index (Phi) is 9.78. The first-order valence-electron chi connectivity index (χ1n) is 8.93. The number of amides is 1. The molecular weight excluding hydrogens is 467 g/mol. The van der Waals surface area contributed by atoms with Crippen molar-refractivity contribution in [2.75, 3.05) is 13.6 Å². The Labute approximate surface area is 184 Å². The van der Waals surface area contributed by atoms with Crippen LogP contribution in [0, 0.1) is 0 Å². The van der Waals surface area contributed by atoms with Gasteiger partial charge in [0.25, 0.3) is 0 Å². The lowest BCUT2D eigenvalue weighted by atomic mass is 10.1. The standard InChI is InChI=1S/C21H28N4O2.HI/c1-21(2,3)25-19(26)15-24-20(22-4)23-14-16-9-8-12-18(13-16)27-17-10-6-5-7-11-17;/h5-13H,14-15H2,1-4H3,(H,25,26)(H2,22,23,24);1H. The summed E-state index contributed by atoms with van der Waals surface area (Å²) in [5, 5.41) is 9.11. The van der Waals surface area contributed by atoms with Gasteiger partial charge in [-0.2, -0.15) is 0 Å². The molecule has 2 aromatic rings. The van der Waals surface area contributed by atoms with E-state index in [4.69, 9.17) is 4.74 Å². The minimum Gasteiger partial charge on any atom is -0.457 e. The SMILES string of the molecule is CN=C(NCC(=O)NC(C)(C)C)NCc1cccc(Oc2ccccc2)c1.I. The minimum absolute atomic E-state index is 0. The number of nitrogens with zero attached hydrogens (tertiary/aromatic N) is 1. The summed E-state index contributed by atoms with van der Waals surface area (Å²) in [4.78, 5) is 16.0. The summed E-state index contributed by atoms with van der Waals surface area (Å²) in [6, 6.07) is 17.5. The quantitative estimate of drug-likeness (QED) is 0.324. The van der Waals surface area contributed by atoms with E-state index in [-0.39, 0.29) is 42.0 Å². The number of ether oxygens (including phenoxy) is 1. The first kappa shape index (κ1) is 23.7. The van der Waals surface area contributed by atoms with Crippen molar-refractivity contribution >= 4 is 35.8 Å². The summed E-state index contributed by atoms with van der Waals surface area (Å²) >= 11 is 0. The number of rotatable bonds is 6. The first-order valence-corrected chi connectivity index (χ1v) is 8.93. The number of nitrogens with one attached hydrogen (secondary N) is 3. The molecule has 6 nitrogen and oxygen atoms in total. The molecule has 0 saturated heterocycles. The van der Waals surface area contributed by atoms with E-state index in [1.807, 2.05) is 75.4 Å². The van der Waals surface area contributed by atoms with Crippen LogP contribution in [0.5, 0.6) is 11.5 Å². The van der Waals surface area contributed by atoms with Crippen LogP contribution in [0.2, 0.25) is 0 Å². The van der Waals surface area contributed by atoms with Gasteiger partial charge in [-0.15, -0.1) is 24.0 Å². The predicted molar refractivity (Wildman–Crippen MR) is 124 cm³/mol. The molecular formula is C21H29IN4O2. The average Bonchev–Trinajstić information content (AvgIpc) is 2.61. The Balaban J connectivity index is 0.00000392. The fraction of sp³-hybridized carbons (Fsp3) is 0.333. The zero-order chi connectivity index (χ0) is 19.7. The molecule has 7 heteroatoms. The lowest BCUT2D eigenvalue weighted by molar-refractivity contribution is -0.121. The maximum absolute atomic E-state index is 11.9. The average molecular weight is 496 g/mol. The fourth-order valence-electron chi connectivity index (χ4n) is 2.38. The van der Waals surface area contributed by atoms with Gasteiger partial charge in [-0.3, -0.25) is 9.79 Å². The van der Waals surface area contributed by atoms with Crippen molar-refractivity contribution in [2.45, 2.75) is 32.9 Å². The number of aliphatic imine (C=N–C) groups is 1. The highest BCUT2D eigenvalue weighted by atomic mass is 127. The summed E-state index contributed by atoms with van der Waals surface area (Å²) in [5.74, 6) is 2.05. The van der Waals surface area contributed by atoms with E-state index in [9.17, 15) is 4.79 Å². The van der Waals surface area contributed by atoms with Gasteiger partial charge in [-0.25, -0.2) is 0 Å². The molecule has 0 aliphatic rings. The second-order valence-electron chi connectivity index (χ2n) is 7.14. The van der Waals surface area contributed by atoms with Gasteiger partial charge in [0.2, 0.25) is 5.91 Å². The highest BCUT2D eigenvalue weighted by Crippen LogP contribution is 2.21. The third-order valence-electron chi connectivity index (χ3n) is 3.49. The number of benzene rings is 2. The summed E-state index contributed by atoms with van der Waals surface area (Å²) in [6.45, 7) is 6.56. The molecule has 0 heterocycles. The van der Waals surface area contributed by atoms with Gasteiger partial charge in [0.15, 0.2) is 5.96 Å². The Morgan fingerprint density at radius 2 is 1.68 bits per heavy atom. The first-order chi connectivity index (χ1) is 12.9. The van der Waals surface area contributed by atoms with Crippen LogP contribution in [0.4, 0.5) is 0 Å². The van der Waals surface area contributed by atoms with Crippen molar-refractivity contribution in [1.29, 1.82) is 0 Å². The molecule has 0 spiro atoms. The van der Waals surface area contributed by atoms with Crippen molar-refractivity contribution in [2.24, 2.45) is 4.99 Å². The molecule has 0 aliphatic heterocycles. The van der Waals surface area contributed by atoms with E-state index in [1.54, 1.807) is 7.05 Å². The molecule has 1 amide bonds. The van der Waals surface area contributed by atoms with Gasteiger partial charge in [0.05, 0.1) is 6.54 Å². The molecule has 0 radical (unpaired) electrons. The van der Waals surface area contributed by atoms with Gasteiger partial charge in [-0.1, -0.05) is 30.3 Å². The number of carbonyl (C=O) groups excluding carboxylic acids is 1. The van der Waals surface area contributed by atoms with Crippen molar-refractivity contribution < 1.29 is 9.53 Å². The second kappa shape index (κ2) is 11.5. The van der Waals surface area contributed by atoms with Crippen LogP contribution in [0.25, 0.3) is 0 Å². The van der Waals surface area contributed by atoms with Gasteiger partial charge >= 0.3 is 0 Å². The third-order valence-corrected chi connectivity index (χ3v) is 3.49. The van der Waals surface area contributed by atoms with Crippen molar-refractivity contribution in [1.82, 2.24) is 16.0 Å². The third kappa shape index (κ3) is 9.07. The Bertz CT molecular complexity index is 773. The molecule has 2 aromatic carbocycles. The van der Waals surface area contributed by atoms with Gasteiger partial charge in [-0.05, 0) is 50.6 Å². The maximum atomic E-state index is 11.9. The van der Waals surface area contributed by atoms with E-state index in [2.05, 4.69) is 20.9 Å². The topological polar surface area (TPSA) is 74.8 Å². The molecule has 0 saturated carbocycles. The van der Waals surface area contributed by atoms with Crippen LogP contribution in [-0.4, -0.2) is 31.0 Å². The lowest BCUT2D eigenvalue weighted by Gasteiger charge is -2.21. The molecule has 0 aromatic heterocycles. The molecule has 3 N–H and O–H groups in total. The number of hydrogen-bond donors (Lipinski definition) is 3. The van der Waals surface area contributed by atoms with Crippen LogP contribution in [-0.2, 0) is 11.3 Å². The van der Waals surface area contributed by atoms with Crippen molar-refractivity contribution in [3.63, 3.8) is 0 Å². The molecule has 28 heavy (non-hydrogen) atoms. The minimum atomic E-state index is -0.255. The number of para-hydroxylation sites is 1. The molecule has 152 valence electrons. The Hall–Kier alpha value is -2.29. The number of guanidine groups is 1. The maximum Gasteiger partial charge on any atom is 0.239 e. The highest BCUT2D eigenvalue weighted by molar-refractivity contribution is 14.0. The molecule has 2 rings (SSSR count). The normalized spacial score (nSPS) is 11.2. The second-order valence-corrected chi connectivity index (χ2v) is 7.14. The van der Waals surface area contributed by atoms with Crippen molar-refractivity contribution in [3.05, 3.63) is 60.2 Å². The van der Waals surface area contributed by atoms with Crippen LogP contribution < -0.4 is 20.7 Å². The number of carbonyl (C=O) groups is 1. The molecule has 0 fully saturated rings. The van der Waals surface area contributed by atoms with Crippen LogP contribution >= 0.6 is 24.0 Å². The zero-order valence-electron chi connectivity index (χ0n) is 16.8. The van der Waals surface area contributed by atoms with Gasteiger partial charge in [0, 0.05) is 19.1 Å². The van der Waals surface area contributed by atoms with E-state index >= 15 is 0 Å². The van der Waals surface area contributed by atoms with Gasteiger partial charge < -0.3 is 20.7 Å². The lowest BCUT2D eigenvalue weighted by Crippen LogP contribution is -2.48. The molecule has 0 bridgehead atoms. The number of hydrogen-bond acceptors (Lipinski definition) is 3. The molecule has 0 unspecified atom stereocenters. The van der Waals surface area contributed by atoms with E-state index < -0.39 is 0 Å². The smallest absolute Gasteiger partial charge is 0.239 e. The van der Waals surface area contributed by atoms with Crippen LogP contribution in [0.1, 0.15) is 26.3 Å². The summed E-state index contributed by atoms with van der Waals surface area (Å²) in [5.41, 5.74) is 0.792. The van der Waals surface area contributed by atoms with Crippen LogP contribution in [0.3, 0.4) is 0 Å². The number of halogens is 1. The van der Waals surface area contributed by atoms with Crippen LogP contribution in [0.15, 0.2) is 59.6 Å². The molecule has 0 aliphatic carbocycles. The highest BCUT2D eigenvalue weighted by Gasteiger charge is 2.13. The van der Waals surface area contributed by atoms with Gasteiger partial charge in [0.1, 0.15) is 11.5 Å². The Morgan fingerprint density at radius 1 is 1.00 bits per heavy atom. The largest absolute Gasteiger partial charge is 0.457 e. The summed E-state index contributed by atoms with van der Waals surface area (Å²) in [6.07, 6.45) is 0. The summed E-state index contributed by atoms with van der Waals surface area (Å²) < 4.78 is 5.85. The molecule has 0 atom stereocenters. The zero-order valence-corrected chi connectivity index (χ0v) is 19.1. The summed E-state index contributed by atoms with van der Waals surface area (Å²) in [7, 11) is 1.67. The Morgan fingerprint density at radius 3 is 2.32 bits per heavy atom. The van der Waals surface area contributed by atoms with E-state index in [0.717, 1.165) is 17.1 Å².